The van der Waals surface area contributed by atoms with Crippen LogP contribution in [-0.2, 0) is 17.9 Å². The maximum absolute atomic E-state index is 11.4. The molecule has 0 fully saturated rings. The molecule has 0 saturated heterocycles. The van der Waals surface area contributed by atoms with Crippen molar-refractivity contribution in [3.8, 4) is 17.1 Å². The molecule has 0 radical (unpaired) electrons. The summed E-state index contributed by atoms with van der Waals surface area (Å²) in [5.74, 6) is 0.517. The van der Waals surface area contributed by atoms with E-state index in [1.807, 2.05) is 77.1 Å². The summed E-state index contributed by atoms with van der Waals surface area (Å²) in [5, 5.41) is 9.09. The van der Waals surface area contributed by atoms with Gasteiger partial charge in [-0.3, -0.25) is 4.79 Å². The van der Waals surface area contributed by atoms with Gasteiger partial charge in [-0.2, -0.15) is 5.10 Å². The van der Waals surface area contributed by atoms with E-state index >= 15 is 0 Å². The molecule has 36 heavy (non-hydrogen) atoms. The zero-order valence-electron chi connectivity index (χ0n) is 19.7. The Bertz CT molecular complexity index is 1560. The van der Waals surface area contributed by atoms with Gasteiger partial charge in [0.25, 0.3) is 0 Å². The number of para-hydroxylation sites is 1. The van der Waals surface area contributed by atoms with Gasteiger partial charge < -0.3 is 14.6 Å². The summed E-state index contributed by atoms with van der Waals surface area (Å²) < 4.78 is 9.99. The molecule has 1 amide bonds. The van der Waals surface area contributed by atoms with Crippen LogP contribution in [-0.4, -0.2) is 25.2 Å². The van der Waals surface area contributed by atoms with E-state index in [-0.39, 0.29) is 12.5 Å². The van der Waals surface area contributed by atoms with Crippen LogP contribution in [0.1, 0.15) is 23.9 Å². The molecule has 1 N–H and O–H groups in total. The second-order valence-corrected chi connectivity index (χ2v) is 9.10. The van der Waals surface area contributed by atoms with Gasteiger partial charge in [0.15, 0.2) is 0 Å². The summed E-state index contributed by atoms with van der Waals surface area (Å²) in [4.78, 5) is 16.1. The van der Waals surface area contributed by atoms with Gasteiger partial charge >= 0.3 is 0 Å². The highest BCUT2D eigenvalue weighted by Gasteiger charge is 2.16. The van der Waals surface area contributed by atoms with Crippen LogP contribution in [0, 0.1) is 6.92 Å². The fraction of sp³-hybridized carbons (Fsp3) is 0.148. The quantitative estimate of drug-likeness (QED) is 0.284. The van der Waals surface area contributed by atoms with Crippen molar-refractivity contribution in [3.05, 3.63) is 100 Å². The van der Waals surface area contributed by atoms with Crippen molar-refractivity contribution >= 4 is 40.0 Å². The molecule has 2 aromatic carbocycles. The fourth-order valence-corrected chi connectivity index (χ4v) is 4.68. The Kier molecular flexibility index (Phi) is 6.67. The van der Waals surface area contributed by atoms with Crippen molar-refractivity contribution in [2.24, 2.45) is 0 Å². The van der Waals surface area contributed by atoms with E-state index in [0.29, 0.717) is 27.9 Å². The first-order valence-corrected chi connectivity index (χ1v) is 12.1. The minimum Gasteiger partial charge on any atom is -0.487 e. The summed E-state index contributed by atoms with van der Waals surface area (Å²) in [6, 6.07) is 17.2. The van der Waals surface area contributed by atoms with Crippen molar-refractivity contribution in [2.45, 2.75) is 27.0 Å². The fourth-order valence-electron chi connectivity index (χ4n) is 4.11. The summed E-state index contributed by atoms with van der Waals surface area (Å²) in [6.07, 6.45) is 5.53. The Labute approximate surface area is 218 Å². The smallest absolute Gasteiger partial charge is 0.217 e. The third kappa shape index (κ3) is 4.67. The van der Waals surface area contributed by atoms with E-state index in [2.05, 4.69) is 10.4 Å². The molecule has 3 heterocycles. The predicted octanol–water partition coefficient (Wildman–Crippen LogP) is 6.04. The third-order valence-electron chi connectivity index (χ3n) is 5.81. The number of benzene rings is 2. The molecule has 0 aliphatic heterocycles. The van der Waals surface area contributed by atoms with Gasteiger partial charge in [0.1, 0.15) is 17.9 Å². The maximum atomic E-state index is 11.4. The van der Waals surface area contributed by atoms with E-state index in [4.69, 9.17) is 32.9 Å². The van der Waals surface area contributed by atoms with Gasteiger partial charge in [0, 0.05) is 52.9 Å². The van der Waals surface area contributed by atoms with Crippen LogP contribution in [0.25, 0.3) is 22.3 Å². The summed E-state index contributed by atoms with van der Waals surface area (Å²) >= 11 is 13.4. The minimum atomic E-state index is -0.103. The number of carbonyl (C=O) groups excluding carboxylic acids is 1. The molecule has 0 spiro atoms. The van der Waals surface area contributed by atoms with Gasteiger partial charge in [0.05, 0.1) is 22.9 Å². The number of pyridine rings is 1. The van der Waals surface area contributed by atoms with Gasteiger partial charge in [-0.05, 0) is 49.4 Å². The van der Waals surface area contributed by atoms with Gasteiger partial charge in [-0.25, -0.2) is 9.67 Å². The number of fused-ring (bicyclic) bond motifs is 1. The molecule has 0 aliphatic carbocycles. The number of ether oxygens (including phenoxy) is 1. The number of nitrogens with one attached hydrogen (secondary N) is 1. The first-order chi connectivity index (χ1) is 17.4. The molecule has 0 atom stereocenters. The Balaban J connectivity index is 1.48. The highest BCUT2D eigenvalue weighted by Crippen LogP contribution is 2.34. The van der Waals surface area contributed by atoms with Gasteiger partial charge in [-0.15, -0.1) is 0 Å². The first kappa shape index (κ1) is 23.9. The van der Waals surface area contributed by atoms with Crippen molar-refractivity contribution < 1.29 is 9.53 Å². The predicted molar refractivity (Wildman–Crippen MR) is 141 cm³/mol. The number of nitrogens with zero attached hydrogens (tertiary/aromatic N) is 4. The summed E-state index contributed by atoms with van der Waals surface area (Å²) in [5.41, 5.74) is 4.80. The number of halogens is 2. The van der Waals surface area contributed by atoms with E-state index in [9.17, 15) is 4.79 Å². The van der Waals surface area contributed by atoms with E-state index < -0.39 is 0 Å². The number of hydrogen-bond acceptors (Lipinski definition) is 4. The number of hydrogen-bond donors (Lipinski definition) is 1. The number of carbonyl (C=O) groups is 1. The van der Waals surface area contributed by atoms with Crippen LogP contribution >= 0.6 is 23.2 Å². The molecular weight excluding hydrogens is 497 g/mol. The number of amides is 1. The van der Waals surface area contributed by atoms with Gasteiger partial charge in [0.2, 0.25) is 5.91 Å². The SMILES string of the molecule is CC(=O)NCc1cccn1-c1ccc(Cl)c(COc2cccc3c(-n4cccn4)cc(C)nc23)c1Cl. The summed E-state index contributed by atoms with van der Waals surface area (Å²) in [7, 11) is 0. The lowest BCUT2D eigenvalue weighted by Gasteiger charge is -2.17. The zero-order chi connectivity index (χ0) is 25.2. The van der Waals surface area contributed by atoms with Crippen molar-refractivity contribution in [1.29, 1.82) is 0 Å². The maximum Gasteiger partial charge on any atom is 0.217 e. The lowest BCUT2D eigenvalue weighted by Crippen LogP contribution is -2.20. The average molecular weight is 520 g/mol. The standard InChI is InChI=1S/C27H23Cl2N5O2/c1-17-14-24(34-13-5-11-31-34)20-7-3-8-25(27(20)32-17)36-16-21-22(28)9-10-23(26(21)29)33-12-4-6-19(33)15-30-18(2)35/h3-14H,15-16H2,1-2H3,(H,30,35). The molecule has 0 saturated carbocycles. The van der Waals surface area contributed by atoms with Gasteiger partial charge in [-0.1, -0.05) is 35.3 Å². The zero-order valence-corrected chi connectivity index (χ0v) is 21.2. The van der Waals surface area contributed by atoms with Crippen molar-refractivity contribution in [3.63, 3.8) is 0 Å². The first-order valence-electron chi connectivity index (χ1n) is 11.3. The molecule has 5 rings (SSSR count). The Morgan fingerprint density at radius 2 is 1.92 bits per heavy atom. The topological polar surface area (TPSA) is 74.0 Å². The Morgan fingerprint density at radius 3 is 2.69 bits per heavy atom. The van der Waals surface area contributed by atoms with Crippen LogP contribution in [0.4, 0.5) is 0 Å². The van der Waals surface area contributed by atoms with Crippen molar-refractivity contribution in [2.75, 3.05) is 0 Å². The second-order valence-electron chi connectivity index (χ2n) is 8.31. The highest BCUT2D eigenvalue weighted by atomic mass is 35.5. The lowest BCUT2D eigenvalue weighted by atomic mass is 10.1. The van der Waals surface area contributed by atoms with Crippen molar-refractivity contribution in [1.82, 2.24) is 24.6 Å². The van der Waals surface area contributed by atoms with Crippen LogP contribution in [0.15, 0.2) is 73.2 Å². The van der Waals surface area contributed by atoms with Crippen LogP contribution in [0.2, 0.25) is 10.0 Å². The average Bonchev–Trinajstić information content (AvgIpc) is 3.55. The van der Waals surface area contributed by atoms with E-state index in [1.54, 1.807) is 12.3 Å². The van der Waals surface area contributed by atoms with Crippen LogP contribution in [0.5, 0.6) is 5.75 Å². The normalized spacial score (nSPS) is 11.1. The third-order valence-corrected chi connectivity index (χ3v) is 6.58. The number of rotatable bonds is 7. The molecule has 7 nitrogen and oxygen atoms in total. The molecule has 3 aromatic heterocycles. The molecule has 0 unspecified atom stereocenters. The Morgan fingerprint density at radius 1 is 1.06 bits per heavy atom. The largest absolute Gasteiger partial charge is 0.487 e. The monoisotopic (exact) mass is 519 g/mol. The molecular formula is C27H23Cl2N5O2. The molecule has 0 bridgehead atoms. The molecule has 9 heteroatoms. The molecule has 5 aromatic rings. The molecule has 0 aliphatic rings. The van der Waals surface area contributed by atoms with Crippen LogP contribution in [0.3, 0.4) is 0 Å². The lowest BCUT2D eigenvalue weighted by molar-refractivity contribution is -0.119. The second kappa shape index (κ2) is 10.0. The number of aryl methyl sites for hydroxylation is 1. The Hall–Kier alpha value is -3.81. The number of aromatic nitrogens is 4. The van der Waals surface area contributed by atoms with E-state index in [0.717, 1.165) is 33.7 Å². The highest BCUT2D eigenvalue weighted by molar-refractivity contribution is 6.37. The minimum absolute atomic E-state index is 0.103. The summed E-state index contributed by atoms with van der Waals surface area (Å²) in [6.45, 7) is 3.96. The molecule has 182 valence electrons. The van der Waals surface area contributed by atoms with Crippen LogP contribution < -0.4 is 10.1 Å². The van der Waals surface area contributed by atoms with E-state index in [1.165, 1.54) is 6.92 Å².